The van der Waals surface area contributed by atoms with Gasteiger partial charge in [0.2, 0.25) is 0 Å². The number of thioether (sulfide) groups is 11. The molecule has 1 aliphatic heterocycles. The van der Waals surface area contributed by atoms with Crippen molar-refractivity contribution in [1.82, 2.24) is 0 Å². The second kappa shape index (κ2) is 26.0. The first-order valence-electron chi connectivity index (χ1n) is 9.18. The summed E-state index contributed by atoms with van der Waals surface area (Å²) in [5.74, 6) is 1.26. The zero-order chi connectivity index (χ0) is 24.3. The summed E-state index contributed by atoms with van der Waals surface area (Å²) >= 11 is 44.8. The van der Waals surface area contributed by atoms with Gasteiger partial charge < -0.3 is 0 Å². The van der Waals surface area contributed by atoms with Crippen LogP contribution in [0.3, 0.4) is 0 Å². The van der Waals surface area contributed by atoms with E-state index < -0.39 is 0 Å². The molecule has 1 fully saturated rings. The van der Waals surface area contributed by atoms with Crippen molar-refractivity contribution in [1.29, 1.82) is 0 Å². The Labute approximate surface area is 284 Å². The van der Waals surface area contributed by atoms with Crippen molar-refractivity contribution >= 4 is 214 Å². The molecule has 5 unspecified atom stereocenters. The smallest absolute Gasteiger partial charge is 0.104 e. The molecule has 0 radical (unpaired) electrons. The molecule has 5 atom stereocenters. The Morgan fingerprint density at radius 3 is 1.82 bits per heavy atom. The molecule has 0 saturated carbocycles. The van der Waals surface area contributed by atoms with Crippen LogP contribution in [0.1, 0.15) is 0 Å². The van der Waals surface area contributed by atoms with Crippen LogP contribution in [-0.2, 0) is 0 Å². The van der Waals surface area contributed by atoms with Gasteiger partial charge >= 0.3 is 0 Å². The third kappa shape index (κ3) is 18.5. The fourth-order valence-corrected chi connectivity index (χ4v) is 24.4. The van der Waals surface area contributed by atoms with Crippen LogP contribution in [0.15, 0.2) is 0 Å². The minimum Gasteiger partial charge on any atom is -0.168 e. The van der Waals surface area contributed by atoms with Crippen LogP contribution in [0.4, 0.5) is 0 Å². The van der Waals surface area contributed by atoms with Crippen LogP contribution in [0.2, 0.25) is 0 Å². The van der Waals surface area contributed by atoms with Crippen LogP contribution in [-0.4, -0.2) is 74.4 Å². The van der Waals surface area contributed by atoms with E-state index in [4.69, 9.17) is 12.6 Å². The molecule has 0 N–H and O–H groups in total. The monoisotopic (exact) mass is 786 g/mol. The molecular weight excluding hydrogens is 757 g/mol. The van der Waals surface area contributed by atoms with E-state index in [-0.39, 0.29) is 3.91 Å². The molecule has 198 valence electrons. The molecule has 0 nitrogen and oxygen atoms in total. The summed E-state index contributed by atoms with van der Waals surface area (Å²) in [6.07, 6.45) is 2.20. The number of hydrogen-bond donors (Lipinski definition) is 5. The van der Waals surface area contributed by atoms with Gasteiger partial charge in [0.05, 0.1) is 22.9 Å². The molecular formula is C15H30S18. The Morgan fingerprint density at radius 2 is 1.30 bits per heavy atom. The third-order valence-corrected chi connectivity index (χ3v) is 26.0. The summed E-state index contributed by atoms with van der Waals surface area (Å²) < 4.78 is 3.04. The molecule has 0 spiro atoms. The fraction of sp³-hybridized carbons (Fsp3) is 1.00. The quantitative estimate of drug-likeness (QED) is 0.0289. The van der Waals surface area contributed by atoms with Gasteiger partial charge in [0.25, 0.3) is 0 Å². The molecule has 0 aromatic carbocycles. The molecule has 0 amide bonds. The highest BCUT2D eigenvalue weighted by atomic mass is 33.1. The van der Waals surface area contributed by atoms with E-state index in [1.807, 2.05) is 116 Å². The summed E-state index contributed by atoms with van der Waals surface area (Å²) in [6, 6.07) is 0. The van der Waals surface area contributed by atoms with Gasteiger partial charge in [-0.3, -0.25) is 0 Å². The van der Waals surface area contributed by atoms with Crippen LogP contribution in [0, 0.1) is 0 Å². The van der Waals surface area contributed by atoms with Gasteiger partial charge in [-0.25, -0.2) is 0 Å². The van der Waals surface area contributed by atoms with Crippen LogP contribution >= 0.6 is 214 Å². The number of rotatable bonds is 23. The molecule has 0 bridgehead atoms. The van der Waals surface area contributed by atoms with Gasteiger partial charge in [0.15, 0.2) is 0 Å². The molecule has 1 rings (SSSR count). The molecule has 1 aliphatic rings. The Hall–Kier alpha value is 6.30. The first-order chi connectivity index (χ1) is 16.1. The standard InChI is InChI=1S/C15H30S18/c1-21-11(23-3-16)12(24-4-17)29-9-30-13(25-5-18)14(26-6-19)32-15(20)33-31-7-22-2-10-27-8-28-10/h10-20H,2-9H2,1H3. The van der Waals surface area contributed by atoms with Gasteiger partial charge in [-0.05, 0) is 6.26 Å². The number of thiol groups is 5. The molecule has 0 aliphatic carbocycles. The van der Waals surface area contributed by atoms with Crippen molar-refractivity contribution in [2.75, 3.05) is 47.6 Å². The molecule has 33 heavy (non-hydrogen) atoms. The van der Waals surface area contributed by atoms with Crippen molar-refractivity contribution in [3.8, 4) is 0 Å². The van der Waals surface area contributed by atoms with E-state index in [9.17, 15) is 0 Å². The summed E-state index contributed by atoms with van der Waals surface area (Å²) in [6.45, 7) is 0. The minimum atomic E-state index is 0.261. The first kappa shape index (κ1) is 37.3. The maximum Gasteiger partial charge on any atom is 0.104 e. The fourth-order valence-electron chi connectivity index (χ4n) is 1.98. The van der Waals surface area contributed by atoms with Crippen molar-refractivity contribution in [2.45, 2.75) is 26.8 Å². The zero-order valence-electron chi connectivity index (χ0n) is 17.7. The highest BCUT2D eigenvalue weighted by Gasteiger charge is 2.28. The van der Waals surface area contributed by atoms with E-state index in [0.717, 1.165) is 35.1 Å². The highest BCUT2D eigenvalue weighted by molar-refractivity contribution is 8.81. The van der Waals surface area contributed by atoms with E-state index in [2.05, 4.69) is 92.1 Å². The molecule has 1 saturated heterocycles. The van der Waals surface area contributed by atoms with Gasteiger partial charge in [-0.2, -0.15) is 63.1 Å². The summed E-state index contributed by atoms with van der Waals surface area (Å²) in [7, 11) is 3.84. The van der Waals surface area contributed by atoms with Crippen molar-refractivity contribution in [3.05, 3.63) is 0 Å². The van der Waals surface area contributed by atoms with E-state index in [1.54, 1.807) is 0 Å². The Bertz CT molecular complexity index is 441. The van der Waals surface area contributed by atoms with Gasteiger partial charge in [0.1, 0.15) is 3.91 Å². The summed E-state index contributed by atoms with van der Waals surface area (Å²) in [5, 5.41) is 6.84. The van der Waals surface area contributed by atoms with Gasteiger partial charge in [-0.15, -0.1) is 129 Å². The van der Waals surface area contributed by atoms with Crippen molar-refractivity contribution < 1.29 is 0 Å². The lowest BCUT2D eigenvalue weighted by molar-refractivity contribution is 1.35. The highest BCUT2D eigenvalue weighted by Crippen LogP contribution is 2.49. The summed E-state index contributed by atoms with van der Waals surface area (Å²) in [4.78, 5) is 0. The lowest BCUT2D eigenvalue weighted by Crippen LogP contribution is -2.17. The SMILES string of the molecule is CSC(SCS)C(SCS)SCSC(SCS)C(SCS)SC(S)SSCSCC1SCS1. The molecule has 0 aromatic rings. The predicted molar refractivity (Wildman–Crippen MR) is 211 cm³/mol. The minimum absolute atomic E-state index is 0.261. The third-order valence-electron chi connectivity index (χ3n) is 3.39. The predicted octanol–water partition coefficient (Wildman–Crippen LogP) is 10.3. The number of hydrogen-bond acceptors (Lipinski definition) is 18. The van der Waals surface area contributed by atoms with E-state index in [0.29, 0.717) is 18.3 Å². The van der Waals surface area contributed by atoms with Gasteiger partial charge in [-0.1, -0.05) is 21.6 Å². The molecule has 18 heteroatoms. The van der Waals surface area contributed by atoms with Crippen LogP contribution in [0.25, 0.3) is 0 Å². The second-order valence-corrected chi connectivity index (χ2v) is 27.3. The second-order valence-electron chi connectivity index (χ2n) is 5.37. The maximum absolute atomic E-state index is 4.89. The summed E-state index contributed by atoms with van der Waals surface area (Å²) in [5.41, 5.74) is 0. The van der Waals surface area contributed by atoms with Gasteiger partial charge in [0, 0.05) is 41.3 Å². The largest absolute Gasteiger partial charge is 0.168 e. The first-order valence-corrected chi connectivity index (χ1v) is 26.4. The van der Waals surface area contributed by atoms with Crippen molar-refractivity contribution in [2.24, 2.45) is 0 Å². The van der Waals surface area contributed by atoms with Crippen LogP contribution < -0.4 is 0 Å². The molecule has 1 heterocycles. The topological polar surface area (TPSA) is 0 Å². The molecule has 0 aromatic heterocycles. The van der Waals surface area contributed by atoms with E-state index >= 15 is 0 Å². The van der Waals surface area contributed by atoms with Crippen LogP contribution in [0.5, 0.6) is 0 Å². The average molecular weight is 788 g/mol. The normalized spacial score (nSPS) is 19.1. The Morgan fingerprint density at radius 1 is 0.758 bits per heavy atom. The maximum atomic E-state index is 4.89. The van der Waals surface area contributed by atoms with E-state index in [1.165, 1.54) is 10.8 Å². The average Bonchev–Trinajstić information content (AvgIpc) is 2.77. The lowest BCUT2D eigenvalue weighted by Gasteiger charge is -2.28. The Balaban J connectivity index is 2.47. The van der Waals surface area contributed by atoms with Crippen molar-refractivity contribution in [3.63, 3.8) is 0 Å². The zero-order valence-corrected chi connectivity index (χ0v) is 32.8. The lowest BCUT2D eigenvalue weighted by atomic mass is 10.9. The Kier molecular flexibility index (Phi) is 29.4.